The Morgan fingerprint density at radius 1 is 1.38 bits per heavy atom. The summed E-state index contributed by atoms with van der Waals surface area (Å²) < 4.78 is 40.3. The Labute approximate surface area is 126 Å². The van der Waals surface area contributed by atoms with E-state index in [2.05, 4.69) is 5.32 Å². The Hall–Kier alpha value is -0.980. The zero-order valence-electron chi connectivity index (χ0n) is 12.5. The normalized spacial score (nSPS) is 20.1. The predicted molar refractivity (Wildman–Crippen MR) is 81.1 cm³/mol. The Balaban J connectivity index is 2.23. The number of hydrogen-bond donors (Lipinski definition) is 1. The summed E-state index contributed by atoms with van der Waals surface area (Å²) in [5, 5.41) is 3.36. The number of piperidine rings is 1. The van der Waals surface area contributed by atoms with Gasteiger partial charge in [0.05, 0.1) is 4.90 Å². The molecule has 1 aliphatic heterocycles. The number of nitrogens with one attached hydrogen (secondary N) is 1. The molecule has 1 atom stereocenters. The summed E-state index contributed by atoms with van der Waals surface area (Å²) in [7, 11) is -3.67. The minimum atomic E-state index is -3.67. The van der Waals surface area contributed by atoms with Crippen LogP contribution >= 0.6 is 0 Å². The predicted octanol–water partition coefficient (Wildman–Crippen LogP) is 2.37. The number of benzene rings is 1. The highest BCUT2D eigenvalue weighted by molar-refractivity contribution is 7.89. The van der Waals surface area contributed by atoms with Crippen molar-refractivity contribution < 1.29 is 12.8 Å². The molecule has 1 saturated heterocycles. The van der Waals surface area contributed by atoms with Crippen LogP contribution in [0.2, 0.25) is 0 Å². The van der Waals surface area contributed by atoms with Crippen molar-refractivity contribution in [2.75, 3.05) is 13.1 Å². The van der Waals surface area contributed by atoms with Crippen LogP contribution in [0.15, 0.2) is 29.2 Å². The fourth-order valence-electron chi connectivity index (χ4n) is 2.65. The average molecular weight is 314 g/mol. The van der Waals surface area contributed by atoms with E-state index in [4.69, 9.17) is 0 Å². The molecular weight excluding hydrogens is 291 g/mol. The van der Waals surface area contributed by atoms with Crippen LogP contribution in [0, 0.1) is 5.82 Å². The van der Waals surface area contributed by atoms with Gasteiger partial charge in [-0.15, -0.1) is 0 Å². The molecule has 0 saturated carbocycles. The van der Waals surface area contributed by atoms with Gasteiger partial charge in [0.15, 0.2) is 0 Å². The molecule has 1 aromatic carbocycles. The maximum absolute atomic E-state index is 13.3. The molecule has 1 unspecified atom stereocenters. The Bertz CT molecular complexity index is 569. The van der Waals surface area contributed by atoms with Gasteiger partial charge in [0.1, 0.15) is 5.82 Å². The lowest BCUT2D eigenvalue weighted by atomic mass is 10.1. The summed E-state index contributed by atoms with van der Waals surface area (Å²) >= 11 is 0. The van der Waals surface area contributed by atoms with E-state index in [0.29, 0.717) is 6.54 Å². The van der Waals surface area contributed by atoms with E-state index in [9.17, 15) is 12.8 Å². The minimum Gasteiger partial charge on any atom is -0.313 e. The molecule has 2 rings (SSSR count). The second-order valence-corrected chi connectivity index (χ2v) is 7.66. The van der Waals surface area contributed by atoms with Crippen LogP contribution in [0.3, 0.4) is 0 Å². The molecule has 1 N–H and O–H groups in total. The largest absolute Gasteiger partial charge is 0.313 e. The highest BCUT2D eigenvalue weighted by Crippen LogP contribution is 2.21. The number of nitrogens with zero attached hydrogens (tertiary/aromatic N) is 1. The monoisotopic (exact) mass is 314 g/mol. The maximum atomic E-state index is 13.3. The zero-order chi connectivity index (χ0) is 15.5. The Morgan fingerprint density at radius 2 is 2.14 bits per heavy atom. The summed E-state index contributed by atoms with van der Waals surface area (Å²) in [6.07, 6.45) is 3.22. The van der Waals surface area contributed by atoms with Crippen molar-refractivity contribution >= 4 is 10.0 Å². The smallest absolute Gasteiger partial charge is 0.243 e. The summed E-state index contributed by atoms with van der Waals surface area (Å²) in [6, 6.07) is 5.22. The molecule has 0 amide bonds. The first-order chi connectivity index (χ1) is 9.91. The molecule has 1 aromatic rings. The summed E-state index contributed by atoms with van der Waals surface area (Å²) in [6.45, 7) is 5.05. The number of rotatable bonds is 5. The first kappa shape index (κ1) is 16.4. The molecular formula is C15H23FN2O2S. The van der Waals surface area contributed by atoms with E-state index in [1.165, 1.54) is 22.5 Å². The van der Waals surface area contributed by atoms with Crippen LogP contribution in [-0.4, -0.2) is 37.9 Å². The maximum Gasteiger partial charge on any atom is 0.243 e. The van der Waals surface area contributed by atoms with Gasteiger partial charge in [-0.25, -0.2) is 12.8 Å². The first-order valence-electron chi connectivity index (χ1n) is 7.42. The lowest BCUT2D eigenvalue weighted by Gasteiger charge is -2.32. The fourth-order valence-corrected chi connectivity index (χ4v) is 4.36. The Morgan fingerprint density at radius 3 is 2.71 bits per heavy atom. The van der Waals surface area contributed by atoms with E-state index in [1.54, 1.807) is 0 Å². The van der Waals surface area contributed by atoms with Crippen LogP contribution in [-0.2, 0) is 10.0 Å². The van der Waals surface area contributed by atoms with Crippen LogP contribution in [0.1, 0.15) is 33.1 Å². The van der Waals surface area contributed by atoms with Gasteiger partial charge in [-0.05, 0) is 51.4 Å². The third kappa shape index (κ3) is 4.02. The molecule has 0 aromatic heterocycles. The third-order valence-corrected chi connectivity index (χ3v) is 5.83. The molecule has 0 radical (unpaired) electrons. The topological polar surface area (TPSA) is 49.4 Å². The van der Waals surface area contributed by atoms with Crippen molar-refractivity contribution in [3.8, 4) is 0 Å². The standard InChI is InChI=1S/C15H23FN2O2S/c1-12(2)18(11-14-7-3-4-9-17-14)21(19,20)15-8-5-6-13(16)10-15/h5-6,8,10,12,14,17H,3-4,7,9,11H2,1-2H3. The Kier molecular flexibility index (Phi) is 5.35. The highest BCUT2D eigenvalue weighted by Gasteiger charge is 2.30. The first-order valence-corrected chi connectivity index (χ1v) is 8.86. The van der Waals surface area contributed by atoms with Crippen LogP contribution in [0.4, 0.5) is 4.39 Å². The van der Waals surface area contributed by atoms with E-state index in [0.717, 1.165) is 31.9 Å². The van der Waals surface area contributed by atoms with Gasteiger partial charge in [-0.2, -0.15) is 4.31 Å². The van der Waals surface area contributed by atoms with E-state index in [1.807, 2.05) is 13.8 Å². The highest BCUT2D eigenvalue weighted by atomic mass is 32.2. The third-order valence-electron chi connectivity index (χ3n) is 3.79. The lowest BCUT2D eigenvalue weighted by molar-refractivity contribution is 0.282. The van der Waals surface area contributed by atoms with Gasteiger partial charge in [0.2, 0.25) is 10.0 Å². The fraction of sp³-hybridized carbons (Fsp3) is 0.600. The molecule has 4 nitrogen and oxygen atoms in total. The van der Waals surface area contributed by atoms with Crippen LogP contribution in [0.5, 0.6) is 0 Å². The summed E-state index contributed by atoms with van der Waals surface area (Å²) in [4.78, 5) is 0.0204. The molecule has 1 aliphatic rings. The van der Waals surface area contributed by atoms with Crippen molar-refractivity contribution in [1.29, 1.82) is 0 Å². The molecule has 118 valence electrons. The molecule has 1 fully saturated rings. The van der Waals surface area contributed by atoms with E-state index >= 15 is 0 Å². The van der Waals surface area contributed by atoms with Gasteiger partial charge in [-0.3, -0.25) is 0 Å². The minimum absolute atomic E-state index is 0.0204. The number of halogens is 1. The summed E-state index contributed by atoms with van der Waals surface area (Å²) in [5.41, 5.74) is 0. The van der Waals surface area contributed by atoms with E-state index in [-0.39, 0.29) is 17.0 Å². The number of hydrogen-bond acceptors (Lipinski definition) is 3. The quantitative estimate of drug-likeness (QED) is 0.908. The van der Waals surface area contributed by atoms with Gasteiger partial charge in [0.25, 0.3) is 0 Å². The summed E-state index contributed by atoms with van der Waals surface area (Å²) in [5.74, 6) is -0.532. The zero-order valence-corrected chi connectivity index (χ0v) is 13.4. The van der Waals surface area contributed by atoms with Crippen molar-refractivity contribution in [3.05, 3.63) is 30.1 Å². The number of sulfonamides is 1. The molecule has 0 spiro atoms. The van der Waals surface area contributed by atoms with Crippen LogP contribution < -0.4 is 5.32 Å². The van der Waals surface area contributed by atoms with Crippen molar-refractivity contribution in [2.45, 2.75) is 50.1 Å². The van der Waals surface area contributed by atoms with Crippen molar-refractivity contribution in [2.24, 2.45) is 0 Å². The second kappa shape index (κ2) is 6.85. The molecule has 0 bridgehead atoms. The lowest BCUT2D eigenvalue weighted by Crippen LogP contribution is -2.48. The van der Waals surface area contributed by atoms with Gasteiger partial charge in [0, 0.05) is 18.6 Å². The van der Waals surface area contributed by atoms with Gasteiger partial charge < -0.3 is 5.32 Å². The van der Waals surface area contributed by atoms with Gasteiger partial charge in [-0.1, -0.05) is 12.5 Å². The van der Waals surface area contributed by atoms with Crippen LogP contribution in [0.25, 0.3) is 0 Å². The molecule has 1 heterocycles. The van der Waals surface area contributed by atoms with E-state index < -0.39 is 15.8 Å². The molecule has 0 aliphatic carbocycles. The second-order valence-electron chi connectivity index (χ2n) is 5.77. The van der Waals surface area contributed by atoms with Gasteiger partial charge >= 0.3 is 0 Å². The molecule has 21 heavy (non-hydrogen) atoms. The SMILES string of the molecule is CC(C)N(CC1CCCCN1)S(=O)(=O)c1cccc(F)c1. The average Bonchev–Trinajstić information content (AvgIpc) is 2.45. The van der Waals surface area contributed by atoms with Crippen molar-refractivity contribution in [1.82, 2.24) is 9.62 Å². The molecule has 6 heteroatoms. The van der Waals surface area contributed by atoms with Crippen molar-refractivity contribution in [3.63, 3.8) is 0 Å².